The van der Waals surface area contributed by atoms with Crippen molar-refractivity contribution in [2.75, 3.05) is 0 Å². The average Bonchev–Trinajstić information content (AvgIpc) is 2.82. The molecule has 5 nitrogen and oxygen atoms in total. The maximum absolute atomic E-state index is 13.4. The number of hydrogen-bond donors (Lipinski definition) is 3. The Morgan fingerprint density at radius 2 is 1.38 bits per heavy atom. The Bertz CT molecular complexity index is 1140. The van der Waals surface area contributed by atoms with E-state index in [9.17, 15) is 18.4 Å². The summed E-state index contributed by atoms with van der Waals surface area (Å²) in [4.78, 5) is 24.0. The third kappa shape index (κ3) is 6.45. The highest BCUT2D eigenvalue weighted by Gasteiger charge is 2.12. The van der Waals surface area contributed by atoms with E-state index in [0.717, 1.165) is 11.1 Å². The van der Waals surface area contributed by atoms with Crippen LogP contribution in [0.3, 0.4) is 0 Å². The molecule has 0 bridgehead atoms. The van der Waals surface area contributed by atoms with Crippen LogP contribution in [0.15, 0.2) is 78.9 Å². The Kier molecular flexibility index (Phi) is 7.61. The first-order valence-corrected chi connectivity index (χ1v) is 9.67. The van der Waals surface area contributed by atoms with E-state index >= 15 is 0 Å². The van der Waals surface area contributed by atoms with Crippen LogP contribution in [0.1, 0.15) is 22.3 Å². The SMILES string of the molecule is O=C(/C=C/c1ccc(C=C(C(=O)NCc2ccc(F)cc2)c2ccc(F)cc2)cc1)NO. The number of amides is 2. The highest BCUT2D eigenvalue weighted by atomic mass is 19.1. The first kappa shape index (κ1) is 22.6. The Labute approximate surface area is 183 Å². The Balaban J connectivity index is 1.83. The maximum Gasteiger partial charge on any atom is 0.267 e. The van der Waals surface area contributed by atoms with Crippen LogP contribution in [0.4, 0.5) is 8.78 Å². The molecule has 0 saturated carbocycles. The minimum atomic E-state index is -0.648. The summed E-state index contributed by atoms with van der Waals surface area (Å²) in [5, 5.41) is 11.3. The highest BCUT2D eigenvalue weighted by Crippen LogP contribution is 2.20. The molecule has 7 heteroatoms. The fourth-order valence-electron chi connectivity index (χ4n) is 2.87. The molecule has 162 valence electrons. The maximum atomic E-state index is 13.4. The van der Waals surface area contributed by atoms with Gasteiger partial charge in [0.05, 0.1) is 0 Å². The van der Waals surface area contributed by atoms with Gasteiger partial charge in [-0.05, 0) is 58.7 Å². The van der Waals surface area contributed by atoms with Crippen molar-refractivity contribution in [3.8, 4) is 0 Å². The minimum Gasteiger partial charge on any atom is -0.348 e. The van der Waals surface area contributed by atoms with Crippen LogP contribution in [0.2, 0.25) is 0 Å². The fraction of sp³-hybridized carbons (Fsp3) is 0.0400. The quantitative estimate of drug-likeness (QED) is 0.224. The number of benzene rings is 3. The number of hydroxylamine groups is 1. The molecule has 32 heavy (non-hydrogen) atoms. The van der Waals surface area contributed by atoms with E-state index in [1.165, 1.54) is 54.0 Å². The largest absolute Gasteiger partial charge is 0.348 e. The fourth-order valence-corrected chi connectivity index (χ4v) is 2.87. The van der Waals surface area contributed by atoms with Crippen molar-refractivity contribution in [2.24, 2.45) is 0 Å². The Hall–Kier alpha value is -4.10. The molecule has 3 rings (SSSR count). The Morgan fingerprint density at radius 1 is 0.812 bits per heavy atom. The molecule has 0 unspecified atom stereocenters. The number of rotatable bonds is 7. The van der Waals surface area contributed by atoms with Gasteiger partial charge in [0.15, 0.2) is 0 Å². The van der Waals surface area contributed by atoms with E-state index in [1.807, 2.05) is 0 Å². The van der Waals surface area contributed by atoms with E-state index < -0.39 is 11.7 Å². The smallest absolute Gasteiger partial charge is 0.267 e. The molecule has 3 aromatic carbocycles. The minimum absolute atomic E-state index is 0.203. The summed E-state index contributed by atoms with van der Waals surface area (Å²) in [6.45, 7) is 0.203. The van der Waals surface area contributed by atoms with Crippen LogP contribution < -0.4 is 10.8 Å². The summed E-state index contributed by atoms with van der Waals surface area (Å²) in [5.41, 5.74) is 4.54. The van der Waals surface area contributed by atoms with Crippen LogP contribution in [0.5, 0.6) is 0 Å². The van der Waals surface area contributed by atoms with E-state index in [1.54, 1.807) is 42.5 Å². The van der Waals surface area contributed by atoms with Crippen LogP contribution >= 0.6 is 0 Å². The van der Waals surface area contributed by atoms with Gasteiger partial charge in [0.25, 0.3) is 11.8 Å². The summed E-state index contributed by atoms with van der Waals surface area (Å²) >= 11 is 0. The molecule has 2 amide bonds. The normalized spacial score (nSPS) is 11.4. The molecule has 3 aromatic rings. The molecule has 0 aliphatic rings. The number of hydrogen-bond acceptors (Lipinski definition) is 3. The summed E-state index contributed by atoms with van der Waals surface area (Å²) in [6.07, 6.45) is 4.37. The predicted molar refractivity (Wildman–Crippen MR) is 118 cm³/mol. The molecule has 0 heterocycles. The summed E-state index contributed by atoms with van der Waals surface area (Å²) in [5.74, 6) is -1.79. The lowest BCUT2D eigenvalue weighted by Gasteiger charge is -2.10. The second-order valence-corrected chi connectivity index (χ2v) is 6.85. The second-order valence-electron chi connectivity index (χ2n) is 6.85. The lowest BCUT2D eigenvalue weighted by atomic mass is 10.0. The summed E-state index contributed by atoms with van der Waals surface area (Å²) in [6, 6.07) is 18.4. The highest BCUT2D eigenvalue weighted by molar-refractivity contribution is 6.24. The van der Waals surface area contributed by atoms with Gasteiger partial charge in [-0.25, -0.2) is 14.3 Å². The Morgan fingerprint density at radius 3 is 1.97 bits per heavy atom. The van der Waals surface area contributed by atoms with Gasteiger partial charge in [0, 0.05) is 18.2 Å². The van der Waals surface area contributed by atoms with Gasteiger partial charge in [-0.15, -0.1) is 0 Å². The van der Waals surface area contributed by atoms with E-state index in [4.69, 9.17) is 5.21 Å². The number of carbonyl (C=O) groups excluding carboxylic acids is 2. The summed E-state index contributed by atoms with van der Waals surface area (Å²) < 4.78 is 26.5. The van der Waals surface area contributed by atoms with Crippen molar-refractivity contribution in [1.29, 1.82) is 0 Å². The lowest BCUT2D eigenvalue weighted by Crippen LogP contribution is -2.23. The van der Waals surface area contributed by atoms with E-state index in [-0.39, 0.29) is 18.3 Å². The van der Waals surface area contributed by atoms with Gasteiger partial charge in [-0.1, -0.05) is 48.5 Å². The zero-order chi connectivity index (χ0) is 22.9. The zero-order valence-corrected chi connectivity index (χ0v) is 16.9. The summed E-state index contributed by atoms with van der Waals surface area (Å²) in [7, 11) is 0. The predicted octanol–water partition coefficient (Wildman–Crippen LogP) is 4.34. The molecule has 0 saturated heterocycles. The van der Waals surface area contributed by atoms with Crippen molar-refractivity contribution >= 4 is 29.5 Å². The molecule has 3 N–H and O–H groups in total. The zero-order valence-electron chi connectivity index (χ0n) is 16.9. The van der Waals surface area contributed by atoms with E-state index in [2.05, 4.69) is 5.32 Å². The first-order valence-electron chi connectivity index (χ1n) is 9.67. The molecule has 0 radical (unpaired) electrons. The van der Waals surface area contributed by atoms with E-state index in [0.29, 0.717) is 16.7 Å². The topological polar surface area (TPSA) is 78.4 Å². The van der Waals surface area contributed by atoms with Gasteiger partial charge < -0.3 is 5.32 Å². The molecule has 0 spiro atoms. The van der Waals surface area contributed by atoms with Gasteiger partial charge in [0.1, 0.15) is 11.6 Å². The number of halogens is 2. The third-order valence-corrected chi connectivity index (χ3v) is 4.55. The van der Waals surface area contributed by atoms with Gasteiger partial charge in [-0.3, -0.25) is 14.8 Å². The molecule has 0 aliphatic heterocycles. The van der Waals surface area contributed by atoms with Gasteiger partial charge >= 0.3 is 0 Å². The molecule has 0 fully saturated rings. The second kappa shape index (κ2) is 10.8. The third-order valence-electron chi connectivity index (χ3n) is 4.55. The van der Waals surface area contributed by atoms with Gasteiger partial charge in [-0.2, -0.15) is 0 Å². The first-order chi connectivity index (χ1) is 15.4. The standard InChI is InChI=1S/C25H20F2N2O3/c26-21-10-5-19(6-11-21)16-28-25(31)23(20-8-12-22(27)13-9-20)15-18-3-1-17(2-4-18)7-14-24(30)29-32/h1-15,32H,16H2,(H,28,31)(H,29,30)/b14-7+,23-15?. The van der Waals surface area contributed by atoms with Crippen LogP contribution in [-0.4, -0.2) is 17.0 Å². The van der Waals surface area contributed by atoms with Crippen molar-refractivity contribution in [3.05, 3.63) is 113 Å². The number of nitrogens with one attached hydrogen (secondary N) is 2. The van der Waals surface area contributed by atoms with Crippen LogP contribution in [0, 0.1) is 11.6 Å². The number of carbonyl (C=O) groups is 2. The van der Waals surface area contributed by atoms with Gasteiger partial charge in [0.2, 0.25) is 0 Å². The molecule has 0 aliphatic carbocycles. The molecular weight excluding hydrogens is 414 g/mol. The lowest BCUT2D eigenvalue weighted by molar-refractivity contribution is -0.124. The van der Waals surface area contributed by atoms with Crippen LogP contribution in [-0.2, 0) is 16.1 Å². The van der Waals surface area contributed by atoms with Crippen LogP contribution in [0.25, 0.3) is 17.7 Å². The van der Waals surface area contributed by atoms with Crippen molar-refractivity contribution < 1.29 is 23.6 Å². The monoisotopic (exact) mass is 434 g/mol. The van der Waals surface area contributed by atoms with Crippen molar-refractivity contribution in [1.82, 2.24) is 10.8 Å². The molecule has 0 atom stereocenters. The average molecular weight is 434 g/mol. The molecular formula is C25H20F2N2O3. The van der Waals surface area contributed by atoms with Crippen molar-refractivity contribution in [3.63, 3.8) is 0 Å². The van der Waals surface area contributed by atoms with Crippen molar-refractivity contribution in [2.45, 2.75) is 6.54 Å². The molecule has 0 aromatic heterocycles.